The Hall–Kier alpha value is -2.59. The van der Waals surface area contributed by atoms with Crippen molar-refractivity contribution in [2.75, 3.05) is 26.2 Å². The molecule has 164 valence electrons. The smallest absolute Gasteiger partial charge is 0.248 e. The summed E-state index contributed by atoms with van der Waals surface area (Å²) in [6.07, 6.45) is 2.44. The van der Waals surface area contributed by atoms with Gasteiger partial charge in [0.1, 0.15) is 6.61 Å². The lowest BCUT2D eigenvalue weighted by Crippen LogP contribution is -2.37. The number of aromatic nitrogens is 3. The molecule has 0 radical (unpaired) electrons. The van der Waals surface area contributed by atoms with Crippen LogP contribution in [-0.4, -0.2) is 62.8 Å². The highest BCUT2D eigenvalue weighted by atomic mass is 35.5. The third-order valence-corrected chi connectivity index (χ3v) is 6.18. The van der Waals surface area contributed by atoms with E-state index < -0.39 is 6.61 Å². The van der Waals surface area contributed by atoms with Crippen molar-refractivity contribution in [2.45, 2.75) is 19.5 Å². The SMILES string of the molecule is NCC(=O)NCCn1ccc(-c2cc(Cl)c(Cl)c3[nH]c4c(c23)CN(C(=O)CO)CC4)n1. The Labute approximate surface area is 188 Å². The van der Waals surface area contributed by atoms with E-state index in [-0.39, 0.29) is 18.4 Å². The Morgan fingerprint density at radius 3 is 2.90 bits per heavy atom. The number of aliphatic hydroxyl groups excluding tert-OH is 1. The van der Waals surface area contributed by atoms with Gasteiger partial charge in [0.15, 0.2) is 0 Å². The molecule has 31 heavy (non-hydrogen) atoms. The molecule has 5 N–H and O–H groups in total. The summed E-state index contributed by atoms with van der Waals surface area (Å²) in [7, 11) is 0. The van der Waals surface area contributed by atoms with E-state index in [1.54, 1.807) is 15.6 Å². The zero-order chi connectivity index (χ0) is 22.1. The predicted molar refractivity (Wildman–Crippen MR) is 118 cm³/mol. The van der Waals surface area contributed by atoms with E-state index in [1.807, 2.05) is 12.3 Å². The van der Waals surface area contributed by atoms with Crippen LogP contribution < -0.4 is 11.1 Å². The molecule has 3 heterocycles. The van der Waals surface area contributed by atoms with Gasteiger partial charge in [0.2, 0.25) is 11.8 Å². The minimum atomic E-state index is -0.526. The molecule has 1 aromatic carbocycles. The lowest BCUT2D eigenvalue weighted by Gasteiger charge is -2.26. The summed E-state index contributed by atoms with van der Waals surface area (Å²) in [4.78, 5) is 28.3. The van der Waals surface area contributed by atoms with Crippen LogP contribution in [0.4, 0.5) is 0 Å². The molecule has 4 rings (SSSR count). The van der Waals surface area contributed by atoms with Crippen LogP contribution in [0.15, 0.2) is 18.3 Å². The molecule has 3 aromatic rings. The number of nitrogens with zero attached hydrogens (tertiary/aromatic N) is 3. The Balaban J connectivity index is 1.72. The van der Waals surface area contributed by atoms with Crippen molar-refractivity contribution in [3.05, 3.63) is 39.6 Å². The first-order valence-electron chi connectivity index (χ1n) is 9.83. The van der Waals surface area contributed by atoms with Crippen LogP contribution in [0.25, 0.3) is 22.2 Å². The number of hydrogen-bond acceptors (Lipinski definition) is 5. The standard InChI is InChI=1S/C20H22Cl2N6O3/c21-13-7-11(15-2-5-28(26-15)6-3-24-16(30)8-23)18-12-9-27(17(31)10-29)4-1-14(12)25-20(18)19(13)22/h2,5,7,25,29H,1,3-4,6,8-10,23H2,(H,24,30). The number of aromatic amines is 1. The molecule has 0 spiro atoms. The van der Waals surface area contributed by atoms with Crippen molar-refractivity contribution in [1.29, 1.82) is 0 Å². The Kier molecular flexibility index (Phi) is 6.19. The number of halogens is 2. The molecular formula is C20H22Cl2N6O3. The summed E-state index contributed by atoms with van der Waals surface area (Å²) in [5, 5.41) is 18.3. The number of fused-ring (bicyclic) bond motifs is 3. The van der Waals surface area contributed by atoms with Crippen LogP contribution in [0.2, 0.25) is 10.0 Å². The van der Waals surface area contributed by atoms with Crippen molar-refractivity contribution in [2.24, 2.45) is 5.73 Å². The fourth-order valence-electron chi connectivity index (χ4n) is 3.87. The average molecular weight is 465 g/mol. The van der Waals surface area contributed by atoms with Gasteiger partial charge in [-0.1, -0.05) is 23.2 Å². The first kappa shape index (κ1) is 21.6. The van der Waals surface area contributed by atoms with Crippen LogP contribution in [0.5, 0.6) is 0 Å². The van der Waals surface area contributed by atoms with Crippen LogP contribution in [0, 0.1) is 0 Å². The molecule has 1 aliphatic heterocycles. The largest absolute Gasteiger partial charge is 0.387 e. The lowest BCUT2D eigenvalue weighted by atomic mass is 9.99. The van der Waals surface area contributed by atoms with E-state index in [9.17, 15) is 14.7 Å². The number of nitrogens with one attached hydrogen (secondary N) is 2. The molecular weight excluding hydrogens is 443 g/mol. The number of benzene rings is 1. The van der Waals surface area contributed by atoms with Crippen molar-refractivity contribution in [3.8, 4) is 11.3 Å². The molecule has 0 fully saturated rings. The fourth-order valence-corrected chi connectivity index (χ4v) is 4.27. The summed E-state index contributed by atoms with van der Waals surface area (Å²) < 4.78 is 1.72. The molecule has 2 aromatic heterocycles. The number of nitrogens with two attached hydrogens (primary N) is 1. The third-order valence-electron chi connectivity index (χ3n) is 5.40. The van der Waals surface area contributed by atoms with E-state index in [2.05, 4.69) is 15.4 Å². The maximum absolute atomic E-state index is 12.0. The molecule has 0 atom stereocenters. The van der Waals surface area contributed by atoms with Crippen molar-refractivity contribution in [1.82, 2.24) is 25.0 Å². The summed E-state index contributed by atoms with van der Waals surface area (Å²) in [5.41, 5.74) is 9.43. The second-order valence-electron chi connectivity index (χ2n) is 7.29. The van der Waals surface area contributed by atoms with Gasteiger partial charge >= 0.3 is 0 Å². The van der Waals surface area contributed by atoms with Crippen LogP contribution in [0.1, 0.15) is 11.3 Å². The molecule has 9 nitrogen and oxygen atoms in total. The summed E-state index contributed by atoms with van der Waals surface area (Å²) >= 11 is 12.9. The van der Waals surface area contributed by atoms with Gasteiger partial charge in [-0.25, -0.2) is 0 Å². The zero-order valence-corrected chi connectivity index (χ0v) is 18.1. The monoisotopic (exact) mass is 464 g/mol. The van der Waals surface area contributed by atoms with Crippen molar-refractivity contribution in [3.63, 3.8) is 0 Å². The second-order valence-corrected chi connectivity index (χ2v) is 8.08. The number of hydrogen-bond donors (Lipinski definition) is 4. The highest BCUT2D eigenvalue weighted by Gasteiger charge is 2.27. The molecule has 0 bridgehead atoms. The topological polar surface area (TPSA) is 129 Å². The van der Waals surface area contributed by atoms with E-state index in [1.165, 1.54) is 0 Å². The first-order chi connectivity index (χ1) is 14.9. The van der Waals surface area contributed by atoms with Crippen LogP contribution >= 0.6 is 23.2 Å². The van der Waals surface area contributed by atoms with Crippen molar-refractivity contribution >= 4 is 45.9 Å². The molecule has 11 heteroatoms. The molecule has 0 aliphatic carbocycles. The van der Waals surface area contributed by atoms with Gasteiger partial charge in [-0.2, -0.15) is 5.10 Å². The van der Waals surface area contributed by atoms with Gasteiger partial charge in [0.05, 0.1) is 34.3 Å². The lowest BCUT2D eigenvalue weighted by molar-refractivity contribution is -0.135. The normalized spacial score (nSPS) is 13.5. The highest BCUT2D eigenvalue weighted by molar-refractivity contribution is 6.45. The van der Waals surface area contributed by atoms with Gasteiger partial charge in [-0.15, -0.1) is 0 Å². The second kappa shape index (κ2) is 8.88. The predicted octanol–water partition coefficient (Wildman–Crippen LogP) is 1.29. The van der Waals surface area contributed by atoms with Crippen molar-refractivity contribution < 1.29 is 14.7 Å². The number of H-pyrrole nitrogens is 1. The number of amides is 2. The van der Waals surface area contributed by atoms with E-state index >= 15 is 0 Å². The Morgan fingerprint density at radius 2 is 2.16 bits per heavy atom. The summed E-state index contributed by atoms with van der Waals surface area (Å²) in [6, 6.07) is 3.64. The minimum absolute atomic E-state index is 0.0555. The van der Waals surface area contributed by atoms with Gasteiger partial charge < -0.3 is 26.0 Å². The molecule has 1 aliphatic rings. The Bertz CT molecular complexity index is 1160. The van der Waals surface area contributed by atoms with E-state index in [4.69, 9.17) is 28.9 Å². The maximum atomic E-state index is 12.0. The summed E-state index contributed by atoms with van der Waals surface area (Å²) in [6.45, 7) is 1.20. The molecule has 2 amide bonds. The first-order valence-corrected chi connectivity index (χ1v) is 10.6. The van der Waals surface area contributed by atoms with Gasteiger partial charge in [-0.05, 0) is 12.1 Å². The molecule has 0 saturated carbocycles. The number of aliphatic hydroxyl groups is 1. The van der Waals surface area contributed by atoms with Crippen LogP contribution in [-0.2, 0) is 29.1 Å². The highest BCUT2D eigenvalue weighted by Crippen LogP contribution is 2.41. The molecule has 0 saturated heterocycles. The number of carbonyl (C=O) groups excluding carboxylic acids is 2. The van der Waals surface area contributed by atoms with Gasteiger partial charge in [0.25, 0.3) is 0 Å². The third kappa shape index (κ3) is 4.14. The summed E-state index contributed by atoms with van der Waals surface area (Å²) in [5.74, 6) is -0.537. The average Bonchev–Trinajstić information content (AvgIpc) is 3.40. The van der Waals surface area contributed by atoms with E-state index in [0.717, 1.165) is 22.2 Å². The minimum Gasteiger partial charge on any atom is -0.387 e. The number of carbonyl (C=O) groups is 2. The maximum Gasteiger partial charge on any atom is 0.248 e. The van der Waals surface area contributed by atoms with Crippen LogP contribution in [0.3, 0.4) is 0 Å². The molecule has 0 unspecified atom stereocenters. The van der Waals surface area contributed by atoms with Gasteiger partial charge in [-0.3, -0.25) is 14.3 Å². The Morgan fingerprint density at radius 1 is 1.35 bits per heavy atom. The fraction of sp³-hybridized carbons (Fsp3) is 0.350. The number of rotatable bonds is 6. The quantitative estimate of drug-likeness (QED) is 0.436. The van der Waals surface area contributed by atoms with E-state index in [0.29, 0.717) is 53.9 Å². The van der Waals surface area contributed by atoms with Gasteiger partial charge in [0, 0.05) is 54.5 Å². The zero-order valence-electron chi connectivity index (χ0n) is 16.6.